The lowest BCUT2D eigenvalue weighted by Crippen LogP contribution is -2.27. The third kappa shape index (κ3) is 1.76. The molecule has 1 amide bonds. The number of aryl methyl sites for hydroxylation is 1. The largest absolute Gasteiger partial charge is 0.353 e. The van der Waals surface area contributed by atoms with Crippen molar-refractivity contribution in [1.82, 2.24) is 15.1 Å². The summed E-state index contributed by atoms with van der Waals surface area (Å²) in [5.41, 5.74) is 1.20. The van der Waals surface area contributed by atoms with E-state index in [0.717, 1.165) is 19.3 Å². The smallest absolute Gasteiger partial charge is 0.223 e. The molecule has 1 aromatic heterocycles. The summed E-state index contributed by atoms with van der Waals surface area (Å²) in [5, 5.41) is 7.19. The summed E-state index contributed by atoms with van der Waals surface area (Å²) in [6.45, 7) is 0. The molecule has 0 saturated heterocycles. The van der Waals surface area contributed by atoms with Gasteiger partial charge in [0.05, 0.1) is 6.20 Å². The van der Waals surface area contributed by atoms with Gasteiger partial charge >= 0.3 is 0 Å². The average Bonchev–Trinajstić information content (AvgIpc) is 3.08. The summed E-state index contributed by atoms with van der Waals surface area (Å²) in [7, 11) is 1.91. The van der Waals surface area contributed by atoms with Gasteiger partial charge in [0.2, 0.25) is 5.91 Å². The number of nitrogens with zero attached hydrogens (tertiary/aromatic N) is 2. The Morgan fingerprint density at radius 1 is 1.60 bits per heavy atom. The van der Waals surface area contributed by atoms with Gasteiger partial charge in [-0.25, -0.2) is 0 Å². The molecule has 3 rings (SSSR count). The third-order valence-electron chi connectivity index (χ3n) is 3.20. The molecule has 0 radical (unpaired) electrons. The van der Waals surface area contributed by atoms with Gasteiger partial charge in [0.1, 0.15) is 0 Å². The molecule has 0 aromatic carbocycles. The van der Waals surface area contributed by atoms with Crippen LogP contribution in [-0.2, 0) is 11.8 Å². The monoisotopic (exact) mass is 205 g/mol. The summed E-state index contributed by atoms with van der Waals surface area (Å²) in [5.74, 6) is 0.860. The molecule has 0 unspecified atom stereocenters. The molecule has 4 heteroatoms. The van der Waals surface area contributed by atoms with Gasteiger partial charge in [-0.05, 0) is 30.7 Å². The van der Waals surface area contributed by atoms with E-state index in [2.05, 4.69) is 10.4 Å². The van der Waals surface area contributed by atoms with Crippen molar-refractivity contribution in [3.63, 3.8) is 0 Å². The van der Waals surface area contributed by atoms with E-state index in [4.69, 9.17) is 0 Å². The molecule has 2 atom stereocenters. The van der Waals surface area contributed by atoms with Crippen LogP contribution >= 0.6 is 0 Å². The van der Waals surface area contributed by atoms with Crippen molar-refractivity contribution < 1.29 is 4.79 Å². The number of carbonyl (C=O) groups is 1. The summed E-state index contributed by atoms with van der Waals surface area (Å²) in [4.78, 5) is 11.7. The number of aromatic nitrogens is 2. The molecule has 4 nitrogen and oxygen atoms in total. The fourth-order valence-corrected chi connectivity index (χ4v) is 2.02. The third-order valence-corrected chi connectivity index (χ3v) is 3.20. The molecule has 80 valence electrons. The zero-order valence-electron chi connectivity index (χ0n) is 8.81. The lowest BCUT2D eigenvalue weighted by Gasteiger charge is -2.00. The van der Waals surface area contributed by atoms with Crippen LogP contribution in [0.3, 0.4) is 0 Å². The highest BCUT2D eigenvalue weighted by molar-refractivity contribution is 5.83. The topological polar surface area (TPSA) is 46.9 Å². The standard InChI is InChI=1S/C11H15N3O/c1-14-6-7(5-12-14)9-4-10(9)11(15)13-8-2-3-8/h5-6,8-10H,2-4H2,1H3,(H,13,15)/t9-,10+/m1/s1. The molecule has 1 heterocycles. The number of nitrogens with one attached hydrogen (secondary N) is 1. The molecule has 2 aliphatic carbocycles. The second-order valence-electron chi connectivity index (χ2n) is 4.68. The van der Waals surface area contributed by atoms with E-state index >= 15 is 0 Å². The highest BCUT2D eigenvalue weighted by Crippen LogP contribution is 2.47. The molecular weight excluding hydrogens is 190 g/mol. The van der Waals surface area contributed by atoms with E-state index in [-0.39, 0.29) is 11.8 Å². The van der Waals surface area contributed by atoms with Crippen molar-refractivity contribution in [3.05, 3.63) is 18.0 Å². The van der Waals surface area contributed by atoms with Crippen LogP contribution in [0.25, 0.3) is 0 Å². The summed E-state index contributed by atoms with van der Waals surface area (Å²) >= 11 is 0. The zero-order valence-corrected chi connectivity index (χ0v) is 8.81. The van der Waals surface area contributed by atoms with Crippen LogP contribution in [0.4, 0.5) is 0 Å². The Kier molecular flexibility index (Phi) is 1.84. The lowest BCUT2D eigenvalue weighted by atomic mass is 10.2. The van der Waals surface area contributed by atoms with Crippen molar-refractivity contribution in [2.24, 2.45) is 13.0 Å². The molecule has 1 N–H and O–H groups in total. The molecular formula is C11H15N3O. The molecule has 15 heavy (non-hydrogen) atoms. The van der Waals surface area contributed by atoms with Crippen molar-refractivity contribution in [1.29, 1.82) is 0 Å². The van der Waals surface area contributed by atoms with Gasteiger partial charge < -0.3 is 5.32 Å². The minimum Gasteiger partial charge on any atom is -0.353 e. The lowest BCUT2D eigenvalue weighted by molar-refractivity contribution is -0.122. The first-order valence-corrected chi connectivity index (χ1v) is 5.53. The predicted molar refractivity (Wildman–Crippen MR) is 55.2 cm³/mol. The number of carbonyl (C=O) groups excluding carboxylic acids is 1. The molecule has 0 spiro atoms. The second kappa shape index (κ2) is 3.08. The van der Waals surface area contributed by atoms with E-state index in [9.17, 15) is 4.79 Å². The van der Waals surface area contributed by atoms with Gasteiger partial charge in [0.15, 0.2) is 0 Å². The van der Waals surface area contributed by atoms with Crippen molar-refractivity contribution >= 4 is 5.91 Å². The van der Waals surface area contributed by atoms with E-state index < -0.39 is 0 Å². The van der Waals surface area contributed by atoms with E-state index in [0.29, 0.717) is 12.0 Å². The van der Waals surface area contributed by atoms with Crippen LogP contribution in [0, 0.1) is 5.92 Å². The van der Waals surface area contributed by atoms with E-state index in [1.165, 1.54) is 5.56 Å². The van der Waals surface area contributed by atoms with Crippen molar-refractivity contribution in [3.8, 4) is 0 Å². The summed E-state index contributed by atoms with van der Waals surface area (Å²) in [6, 6.07) is 0.479. The van der Waals surface area contributed by atoms with E-state index in [1.54, 1.807) is 4.68 Å². The Balaban J connectivity index is 1.60. The second-order valence-corrected chi connectivity index (χ2v) is 4.68. The minimum atomic E-state index is 0.204. The van der Waals surface area contributed by atoms with Gasteiger partial charge in [-0.15, -0.1) is 0 Å². The molecule has 2 saturated carbocycles. The summed E-state index contributed by atoms with van der Waals surface area (Å²) in [6.07, 6.45) is 7.19. The fourth-order valence-electron chi connectivity index (χ4n) is 2.02. The molecule has 2 fully saturated rings. The van der Waals surface area contributed by atoms with Crippen LogP contribution in [0.5, 0.6) is 0 Å². The van der Waals surface area contributed by atoms with Gasteiger partial charge in [0.25, 0.3) is 0 Å². The highest BCUT2D eigenvalue weighted by Gasteiger charge is 2.45. The van der Waals surface area contributed by atoms with Crippen LogP contribution in [0.2, 0.25) is 0 Å². The maximum atomic E-state index is 11.7. The molecule has 0 aliphatic heterocycles. The normalized spacial score (nSPS) is 28.9. The van der Waals surface area contributed by atoms with Crippen LogP contribution < -0.4 is 5.32 Å². The number of hydrogen-bond acceptors (Lipinski definition) is 2. The molecule has 0 bridgehead atoms. The Hall–Kier alpha value is -1.32. The first-order chi connectivity index (χ1) is 7.24. The Morgan fingerprint density at radius 2 is 2.40 bits per heavy atom. The Labute approximate surface area is 88.7 Å². The maximum Gasteiger partial charge on any atom is 0.223 e. The Bertz CT molecular complexity index is 394. The number of amides is 1. The highest BCUT2D eigenvalue weighted by atomic mass is 16.2. The predicted octanol–water partition coefficient (Wildman–Crippen LogP) is 0.802. The van der Waals surface area contributed by atoms with Gasteiger partial charge in [-0.3, -0.25) is 9.48 Å². The number of hydrogen-bond donors (Lipinski definition) is 1. The first-order valence-electron chi connectivity index (χ1n) is 5.53. The number of rotatable bonds is 3. The zero-order chi connectivity index (χ0) is 10.4. The average molecular weight is 205 g/mol. The van der Waals surface area contributed by atoms with Crippen LogP contribution in [-0.4, -0.2) is 21.7 Å². The van der Waals surface area contributed by atoms with Crippen molar-refractivity contribution in [2.75, 3.05) is 0 Å². The molecule has 2 aliphatic rings. The molecule has 1 aromatic rings. The minimum absolute atomic E-state index is 0.204. The van der Waals surface area contributed by atoms with Crippen LogP contribution in [0.15, 0.2) is 12.4 Å². The van der Waals surface area contributed by atoms with Gasteiger partial charge in [0, 0.05) is 25.2 Å². The maximum absolute atomic E-state index is 11.7. The Morgan fingerprint density at radius 3 is 3.00 bits per heavy atom. The van der Waals surface area contributed by atoms with Gasteiger partial charge in [-0.1, -0.05) is 0 Å². The van der Waals surface area contributed by atoms with Crippen LogP contribution in [0.1, 0.15) is 30.7 Å². The van der Waals surface area contributed by atoms with Gasteiger partial charge in [-0.2, -0.15) is 5.10 Å². The SMILES string of the molecule is Cn1cc([C@H]2C[C@@H]2C(=O)NC2CC2)cn1. The fraction of sp³-hybridized carbons (Fsp3) is 0.636. The van der Waals surface area contributed by atoms with E-state index in [1.807, 2.05) is 19.4 Å². The quantitative estimate of drug-likeness (QED) is 0.793. The first kappa shape index (κ1) is 8.95. The van der Waals surface area contributed by atoms with Crippen molar-refractivity contribution in [2.45, 2.75) is 31.2 Å². The summed E-state index contributed by atoms with van der Waals surface area (Å²) < 4.78 is 1.80.